The van der Waals surface area contributed by atoms with Crippen LogP contribution in [-0.4, -0.2) is 4.98 Å². The Labute approximate surface area is 66.8 Å². The minimum Gasteiger partial charge on any atom is -0.385 e. The van der Waals surface area contributed by atoms with Crippen molar-refractivity contribution < 1.29 is 0 Å². The van der Waals surface area contributed by atoms with Crippen LogP contribution in [0.15, 0.2) is 12.3 Å². The van der Waals surface area contributed by atoms with E-state index in [1.54, 1.807) is 0 Å². The van der Waals surface area contributed by atoms with Gasteiger partial charge in [-0.15, -0.1) is 0 Å². The first-order chi connectivity index (χ1) is 5.11. The average molecular weight is 153 g/mol. The van der Waals surface area contributed by atoms with E-state index in [1.165, 1.54) is 0 Å². The maximum absolute atomic E-state index is 5.88. The summed E-state index contributed by atoms with van der Waals surface area (Å²) in [4.78, 5) is 2.90. The van der Waals surface area contributed by atoms with E-state index in [4.69, 9.17) is 11.5 Å². The molecule has 0 fully saturated rings. The van der Waals surface area contributed by atoms with Gasteiger partial charge in [-0.2, -0.15) is 0 Å². The van der Waals surface area contributed by atoms with Gasteiger partial charge in [-0.05, 0) is 17.5 Å². The third-order valence-corrected chi connectivity index (χ3v) is 1.83. The molecular weight excluding hydrogens is 138 g/mol. The topological polar surface area (TPSA) is 67.8 Å². The van der Waals surface area contributed by atoms with Crippen molar-refractivity contribution in [3.8, 4) is 0 Å². The summed E-state index contributed by atoms with van der Waals surface area (Å²) in [6.45, 7) is 4.18. The van der Waals surface area contributed by atoms with Gasteiger partial charge < -0.3 is 16.5 Å². The Bertz CT molecular complexity index is 227. The van der Waals surface area contributed by atoms with Crippen LogP contribution < -0.4 is 11.5 Å². The van der Waals surface area contributed by atoms with E-state index in [9.17, 15) is 0 Å². The van der Waals surface area contributed by atoms with Crippen LogP contribution in [0, 0.1) is 5.92 Å². The van der Waals surface area contributed by atoms with Gasteiger partial charge in [-0.1, -0.05) is 13.8 Å². The molecule has 0 spiro atoms. The van der Waals surface area contributed by atoms with Crippen LogP contribution >= 0.6 is 0 Å². The van der Waals surface area contributed by atoms with Crippen LogP contribution in [-0.2, 0) is 0 Å². The average Bonchev–Trinajstić information content (AvgIpc) is 2.34. The third-order valence-electron chi connectivity index (χ3n) is 1.83. The van der Waals surface area contributed by atoms with E-state index >= 15 is 0 Å². The molecule has 0 saturated heterocycles. The minimum absolute atomic E-state index is 0.0866. The van der Waals surface area contributed by atoms with Gasteiger partial charge in [0.15, 0.2) is 0 Å². The number of rotatable bonds is 2. The second-order valence-corrected chi connectivity index (χ2v) is 3.16. The second-order valence-electron chi connectivity index (χ2n) is 3.16. The van der Waals surface area contributed by atoms with Crippen molar-refractivity contribution >= 4 is 5.82 Å². The lowest BCUT2D eigenvalue weighted by molar-refractivity contribution is 0.515. The number of hydrogen-bond acceptors (Lipinski definition) is 2. The number of aromatic amines is 1. The summed E-state index contributed by atoms with van der Waals surface area (Å²) in [5, 5.41) is 0. The van der Waals surface area contributed by atoms with E-state index in [0.717, 1.165) is 5.56 Å². The highest BCUT2D eigenvalue weighted by atomic mass is 14.8. The second kappa shape index (κ2) is 2.96. The Morgan fingerprint density at radius 2 is 2.09 bits per heavy atom. The van der Waals surface area contributed by atoms with Gasteiger partial charge >= 0.3 is 0 Å². The third kappa shape index (κ3) is 1.74. The number of nitrogens with one attached hydrogen (secondary N) is 1. The molecule has 0 bridgehead atoms. The number of anilines is 1. The molecule has 0 saturated carbocycles. The zero-order chi connectivity index (χ0) is 8.43. The first-order valence-electron chi connectivity index (χ1n) is 3.80. The molecule has 3 heteroatoms. The Hall–Kier alpha value is -0.960. The molecule has 1 aromatic heterocycles. The van der Waals surface area contributed by atoms with Crippen molar-refractivity contribution in [3.05, 3.63) is 17.8 Å². The van der Waals surface area contributed by atoms with E-state index in [0.29, 0.717) is 11.7 Å². The van der Waals surface area contributed by atoms with Gasteiger partial charge in [0.25, 0.3) is 0 Å². The summed E-state index contributed by atoms with van der Waals surface area (Å²) in [6, 6.07) is 1.97. The van der Waals surface area contributed by atoms with Crippen LogP contribution in [0.5, 0.6) is 0 Å². The molecule has 0 aliphatic rings. The molecule has 0 amide bonds. The van der Waals surface area contributed by atoms with Crippen molar-refractivity contribution in [2.24, 2.45) is 11.7 Å². The van der Waals surface area contributed by atoms with Crippen LogP contribution in [0.3, 0.4) is 0 Å². The van der Waals surface area contributed by atoms with E-state index < -0.39 is 0 Å². The lowest BCUT2D eigenvalue weighted by Gasteiger charge is -2.12. The van der Waals surface area contributed by atoms with Gasteiger partial charge in [0.05, 0.1) is 0 Å². The van der Waals surface area contributed by atoms with E-state index in [-0.39, 0.29) is 6.04 Å². The minimum atomic E-state index is 0.0866. The number of aromatic nitrogens is 1. The number of nitrogen functional groups attached to an aromatic ring is 1. The molecule has 1 heterocycles. The van der Waals surface area contributed by atoms with Gasteiger partial charge in [0.2, 0.25) is 0 Å². The molecule has 1 atom stereocenters. The highest BCUT2D eigenvalue weighted by molar-refractivity contribution is 5.34. The van der Waals surface area contributed by atoms with Gasteiger partial charge in [0, 0.05) is 12.2 Å². The van der Waals surface area contributed by atoms with Gasteiger partial charge in [-0.3, -0.25) is 0 Å². The molecule has 5 N–H and O–H groups in total. The van der Waals surface area contributed by atoms with Gasteiger partial charge in [0.1, 0.15) is 5.82 Å². The highest BCUT2D eigenvalue weighted by Crippen LogP contribution is 2.19. The molecule has 1 unspecified atom stereocenters. The summed E-state index contributed by atoms with van der Waals surface area (Å²) < 4.78 is 0. The maximum atomic E-state index is 5.88. The fourth-order valence-electron chi connectivity index (χ4n) is 1.01. The highest BCUT2D eigenvalue weighted by Gasteiger charge is 2.10. The normalized spacial score (nSPS) is 13.8. The quantitative estimate of drug-likeness (QED) is 0.598. The van der Waals surface area contributed by atoms with Crippen molar-refractivity contribution in [3.63, 3.8) is 0 Å². The number of H-pyrrole nitrogens is 1. The fraction of sp³-hybridized carbons (Fsp3) is 0.500. The molecule has 11 heavy (non-hydrogen) atoms. The molecule has 1 aromatic rings. The van der Waals surface area contributed by atoms with Crippen molar-refractivity contribution in [1.29, 1.82) is 0 Å². The van der Waals surface area contributed by atoms with Gasteiger partial charge in [-0.25, -0.2) is 0 Å². The summed E-state index contributed by atoms with van der Waals surface area (Å²) in [5.41, 5.74) is 12.5. The largest absolute Gasteiger partial charge is 0.385 e. The molecule has 0 aliphatic carbocycles. The van der Waals surface area contributed by atoms with Crippen molar-refractivity contribution in [2.45, 2.75) is 19.9 Å². The van der Waals surface area contributed by atoms with Crippen LogP contribution in [0.2, 0.25) is 0 Å². The van der Waals surface area contributed by atoms with Crippen LogP contribution in [0.25, 0.3) is 0 Å². The maximum Gasteiger partial charge on any atom is 0.100 e. The Kier molecular flexibility index (Phi) is 2.19. The van der Waals surface area contributed by atoms with E-state index in [1.807, 2.05) is 12.3 Å². The standard InChI is InChI=1S/C8H15N3/c1-5(2)8(10)6-3-7(9)11-4-6/h3-5,8,11H,9-10H2,1-2H3. The Morgan fingerprint density at radius 1 is 1.45 bits per heavy atom. The SMILES string of the molecule is CC(C)C(N)c1c[nH]c(N)c1. The monoisotopic (exact) mass is 153 g/mol. The number of hydrogen-bond donors (Lipinski definition) is 3. The molecule has 0 aromatic carbocycles. The van der Waals surface area contributed by atoms with Crippen molar-refractivity contribution in [2.75, 3.05) is 5.73 Å². The first-order valence-corrected chi connectivity index (χ1v) is 3.80. The summed E-state index contributed by atoms with van der Waals surface area (Å²) in [6.07, 6.45) is 1.86. The zero-order valence-electron chi connectivity index (χ0n) is 6.96. The Morgan fingerprint density at radius 3 is 2.45 bits per heavy atom. The number of nitrogens with two attached hydrogens (primary N) is 2. The lowest BCUT2D eigenvalue weighted by atomic mass is 10.00. The van der Waals surface area contributed by atoms with Crippen LogP contribution in [0.4, 0.5) is 5.82 Å². The first kappa shape index (κ1) is 8.14. The summed E-state index contributed by atoms with van der Waals surface area (Å²) in [5.74, 6) is 1.13. The molecule has 3 nitrogen and oxygen atoms in total. The van der Waals surface area contributed by atoms with E-state index in [2.05, 4.69) is 18.8 Å². The fourth-order valence-corrected chi connectivity index (χ4v) is 1.01. The predicted octanol–water partition coefficient (Wildman–Crippen LogP) is 1.25. The Balaban J connectivity index is 2.76. The summed E-state index contributed by atoms with van der Waals surface area (Å²) in [7, 11) is 0. The lowest BCUT2D eigenvalue weighted by Crippen LogP contribution is -2.15. The van der Waals surface area contributed by atoms with Crippen molar-refractivity contribution in [1.82, 2.24) is 4.98 Å². The molecular formula is C8H15N3. The molecule has 0 aliphatic heterocycles. The van der Waals surface area contributed by atoms with Crippen LogP contribution in [0.1, 0.15) is 25.5 Å². The summed E-state index contributed by atoms with van der Waals surface area (Å²) >= 11 is 0. The zero-order valence-corrected chi connectivity index (χ0v) is 6.96. The molecule has 1 rings (SSSR count). The molecule has 0 radical (unpaired) electrons. The predicted molar refractivity (Wildman–Crippen MR) is 47.0 cm³/mol. The smallest absolute Gasteiger partial charge is 0.100 e. The molecule has 62 valence electrons.